The van der Waals surface area contributed by atoms with Crippen LogP contribution in [0.25, 0.3) is 0 Å². The van der Waals surface area contributed by atoms with Crippen molar-refractivity contribution in [2.45, 2.75) is 6.61 Å². The quantitative estimate of drug-likeness (QED) is 0.394. The Kier molecular flexibility index (Phi) is 7.17. The molecule has 154 valence electrons. The van der Waals surface area contributed by atoms with Crippen LogP contribution in [-0.4, -0.2) is 24.3 Å². The van der Waals surface area contributed by atoms with Crippen LogP contribution in [0, 0.1) is 0 Å². The van der Waals surface area contributed by atoms with E-state index in [1.807, 2.05) is 0 Å². The average molecular weight is 445 g/mol. The molecule has 3 aromatic carbocycles. The number of phenolic OH excluding ortho intramolecular Hbond substituents is 1. The molecular formula is C22H18Cl2N2O4. The molecule has 0 heterocycles. The molecule has 0 atom stereocenters. The van der Waals surface area contributed by atoms with Crippen molar-refractivity contribution in [3.63, 3.8) is 0 Å². The van der Waals surface area contributed by atoms with Gasteiger partial charge in [-0.2, -0.15) is 5.10 Å². The summed E-state index contributed by atoms with van der Waals surface area (Å²) >= 11 is 12.3. The molecule has 0 unspecified atom stereocenters. The summed E-state index contributed by atoms with van der Waals surface area (Å²) in [5.41, 5.74) is 3.86. The number of hydrogen-bond acceptors (Lipinski definition) is 5. The number of nitrogens with zero attached hydrogens (tertiary/aromatic N) is 1. The summed E-state index contributed by atoms with van der Waals surface area (Å²) in [5.74, 6) is 0.345. The summed E-state index contributed by atoms with van der Waals surface area (Å²) < 4.78 is 11.2. The highest BCUT2D eigenvalue weighted by Gasteiger charge is 2.11. The molecule has 1 amide bonds. The number of phenols is 1. The van der Waals surface area contributed by atoms with E-state index in [0.717, 1.165) is 0 Å². The predicted octanol–water partition coefficient (Wildman–Crippen LogP) is 5.05. The lowest BCUT2D eigenvalue weighted by Crippen LogP contribution is -2.17. The first-order valence-electron chi connectivity index (χ1n) is 8.84. The van der Waals surface area contributed by atoms with Gasteiger partial charge in [-0.15, -0.1) is 0 Å². The zero-order valence-electron chi connectivity index (χ0n) is 15.9. The normalized spacial score (nSPS) is 10.8. The molecule has 0 spiro atoms. The van der Waals surface area contributed by atoms with E-state index in [4.69, 9.17) is 32.7 Å². The third kappa shape index (κ3) is 5.23. The number of hydrazone groups is 1. The van der Waals surface area contributed by atoms with Crippen molar-refractivity contribution in [3.05, 3.63) is 87.4 Å². The van der Waals surface area contributed by atoms with Crippen molar-refractivity contribution < 1.29 is 19.4 Å². The molecule has 2 N–H and O–H groups in total. The molecule has 0 aliphatic heterocycles. The molecule has 3 rings (SSSR count). The molecule has 0 radical (unpaired) electrons. The summed E-state index contributed by atoms with van der Waals surface area (Å²) in [5, 5.41) is 14.7. The number of methoxy groups -OCH3 is 1. The van der Waals surface area contributed by atoms with Crippen molar-refractivity contribution in [2.24, 2.45) is 5.10 Å². The standard InChI is InChI=1S/C22H18Cl2N2O4/c1-29-21-11-14(12-25-26-22(28)15-5-2-3-8-19(15)27)9-10-20(21)30-13-16-17(23)6-4-7-18(16)24/h2-12,27H,13H2,1H3,(H,26,28)/b25-12-. The Morgan fingerprint density at radius 3 is 2.50 bits per heavy atom. The van der Waals surface area contributed by atoms with Gasteiger partial charge < -0.3 is 14.6 Å². The lowest BCUT2D eigenvalue weighted by Gasteiger charge is -2.13. The maximum absolute atomic E-state index is 12.1. The van der Waals surface area contributed by atoms with E-state index in [1.54, 1.807) is 48.5 Å². The fourth-order valence-corrected chi connectivity index (χ4v) is 3.10. The van der Waals surface area contributed by atoms with E-state index in [1.165, 1.54) is 25.5 Å². The van der Waals surface area contributed by atoms with Gasteiger partial charge in [0.15, 0.2) is 11.5 Å². The molecule has 0 bridgehead atoms. The second kappa shape index (κ2) is 10.0. The minimum Gasteiger partial charge on any atom is -0.507 e. The van der Waals surface area contributed by atoms with E-state index in [-0.39, 0.29) is 17.9 Å². The van der Waals surface area contributed by atoms with Crippen LogP contribution in [0.5, 0.6) is 17.2 Å². The van der Waals surface area contributed by atoms with Gasteiger partial charge in [-0.3, -0.25) is 4.79 Å². The van der Waals surface area contributed by atoms with E-state index < -0.39 is 5.91 Å². The van der Waals surface area contributed by atoms with Gasteiger partial charge >= 0.3 is 0 Å². The SMILES string of the molecule is COc1cc(/C=N\NC(=O)c2ccccc2O)ccc1OCc1c(Cl)cccc1Cl. The fourth-order valence-electron chi connectivity index (χ4n) is 2.60. The van der Waals surface area contributed by atoms with Gasteiger partial charge in [0.1, 0.15) is 12.4 Å². The Hall–Kier alpha value is -3.22. The molecule has 0 saturated heterocycles. The maximum Gasteiger partial charge on any atom is 0.275 e. The highest BCUT2D eigenvalue weighted by atomic mass is 35.5. The van der Waals surface area contributed by atoms with E-state index in [9.17, 15) is 9.90 Å². The Morgan fingerprint density at radius 2 is 1.80 bits per heavy atom. The summed E-state index contributed by atoms with van der Waals surface area (Å²) in [6, 6.07) is 16.6. The number of rotatable bonds is 7. The third-order valence-corrected chi connectivity index (χ3v) is 4.86. The van der Waals surface area contributed by atoms with Crippen LogP contribution in [0.4, 0.5) is 0 Å². The van der Waals surface area contributed by atoms with Crippen molar-refractivity contribution in [2.75, 3.05) is 7.11 Å². The van der Waals surface area contributed by atoms with Crippen LogP contribution < -0.4 is 14.9 Å². The minimum atomic E-state index is -0.520. The molecule has 30 heavy (non-hydrogen) atoms. The van der Waals surface area contributed by atoms with Crippen molar-refractivity contribution in [1.82, 2.24) is 5.43 Å². The molecule has 0 saturated carbocycles. The number of amides is 1. The molecular weight excluding hydrogens is 427 g/mol. The number of nitrogens with one attached hydrogen (secondary N) is 1. The Morgan fingerprint density at radius 1 is 1.07 bits per heavy atom. The lowest BCUT2D eigenvalue weighted by atomic mass is 10.2. The summed E-state index contributed by atoms with van der Waals surface area (Å²) in [7, 11) is 1.52. The smallest absolute Gasteiger partial charge is 0.275 e. The monoisotopic (exact) mass is 444 g/mol. The summed E-state index contributed by atoms with van der Waals surface area (Å²) in [6.45, 7) is 0.179. The third-order valence-electron chi connectivity index (χ3n) is 4.15. The fraction of sp³-hybridized carbons (Fsp3) is 0.0909. The Balaban J connectivity index is 1.67. The van der Waals surface area contributed by atoms with Crippen molar-refractivity contribution in [1.29, 1.82) is 0 Å². The first-order chi connectivity index (χ1) is 14.5. The number of halogens is 2. The first-order valence-corrected chi connectivity index (χ1v) is 9.60. The number of ether oxygens (including phenoxy) is 2. The molecule has 8 heteroatoms. The number of carbonyl (C=O) groups is 1. The maximum atomic E-state index is 12.1. The zero-order chi connectivity index (χ0) is 21.5. The van der Waals surface area contributed by atoms with Crippen molar-refractivity contribution >= 4 is 35.3 Å². The van der Waals surface area contributed by atoms with Gasteiger partial charge in [0.25, 0.3) is 5.91 Å². The van der Waals surface area contributed by atoms with Gasteiger partial charge in [-0.25, -0.2) is 5.43 Å². The topological polar surface area (TPSA) is 80.2 Å². The van der Waals surface area contributed by atoms with Gasteiger partial charge in [0.05, 0.1) is 18.9 Å². The van der Waals surface area contributed by atoms with E-state index >= 15 is 0 Å². The van der Waals surface area contributed by atoms with Crippen LogP contribution in [-0.2, 0) is 6.61 Å². The van der Waals surface area contributed by atoms with Gasteiger partial charge in [-0.1, -0.05) is 41.4 Å². The summed E-state index contributed by atoms with van der Waals surface area (Å²) in [4.78, 5) is 12.1. The Bertz CT molecular complexity index is 1070. The second-order valence-electron chi connectivity index (χ2n) is 6.12. The van der Waals surface area contributed by atoms with Crippen LogP contribution in [0.2, 0.25) is 10.0 Å². The number of carbonyl (C=O) groups excluding carboxylic acids is 1. The molecule has 3 aromatic rings. The highest BCUT2D eigenvalue weighted by molar-refractivity contribution is 6.35. The number of hydrogen-bond donors (Lipinski definition) is 2. The first kappa shape index (κ1) is 21.5. The molecule has 6 nitrogen and oxygen atoms in total. The Labute approximate surface area is 183 Å². The lowest BCUT2D eigenvalue weighted by molar-refractivity contribution is 0.0952. The number of aromatic hydroxyl groups is 1. The molecule has 0 aliphatic carbocycles. The van der Waals surface area contributed by atoms with Crippen LogP contribution in [0.3, 0.4) is 0 Å². The highest BCUT2D eigenvalue weighted by Crippen LogP contribution is 2.31. The van der Waals surface area contributed by atoms with Crippen LogP contribution >= 0.6 is 23.2 Å². The zero-order valence-corrected chi connectivity index (χ0v) is 17.4. The van der Waals surface area contributed by atoms with E-state index in [2.05, 4.69) is 10.5 Å². The second-order valence-corrected chi connectivity index (χ2v) is 6.93. The molecule has 0 fully saturated rings. The minimum absolute atomic E-state index is 0.119. The summed E-state index contributed by atoms with van der Waals surface area (Å²) in [6.07, 6.45) is 1.45. The largest absolute Gasteiger partial charge is 0.507 e. The van der Waals surface area contributed by atoms with Gasteiger partial charge in [0.2, 0.25) is 0 Å². The number of benzene rings is 3. The van der Waals surface area contributed by atoms with Gasteiger partial charge in [-0.05, 0) is 48.0 Å². The molecule has 0 aromatic heterocycles. The average Bonchev–Trinajstić information content (AvgIpc) is 2.74. The van der Waals surface area contributed by atoms with Crippen molar-refractivity contribution in [3.8, 4) is 17.2 Å². The molecule has 0 aliphatic rings. The van der Waals surface area contributed by atoms with Crippen LogP contribution in [0.15, 0.2) is 65.8 Å². The number of para-hydroxylation sites is 1. The van der Waals surface area contributed by atoms with Gasteiger partial charge in [0, 0.05) is 15.6 Å². The van der Waals surface area contributed by atoms with Crippen LogP contribution in [0.1, 0.15) is 21.5 Å². The van der Waals surface area contributed by atoms with E-state index in [0.29, 0.717) is 32.7 Å². The predicted molar refractivity (Wildman–Crippen MR) is 117 cm³/mol.